The van der Waals surface area contributed by atoms with E-state index in [1.807, 2.05) is 13.8 Å². The van der Waals surface area contributed by atoms with Crippen molar-refractivity contribution in [3.05, 3.63) is 30.1 Å². The molecular weight excluding hydrogens is 155 g/mol. The van der Waals surface area contributed by atoms with Crippen LogP contribution in [-0.2, 0) is 0 Å². The fraction of sp³-hybridized carbons (Fsp3) is 0.400. The maximum atomic E-state index is 12.6. The van der Waals surface area contributed by atoms with Gasteiger partial charge in [0.25, 0.3) is 0 Å². The molecule has 0 saturated heterocycles. The molecule has 0 aliphatic carbocycles. The molecule has 0 spiro atoms. The van der Waals surface area contributed by atoms with Gasteiger partial charge in [-0.3, -0.25) is 0 Å². The average Bonchev–Trinajstić information content (AvgIpc) is 2.04. The third-order valence-corrected chi connectivity index (χ3v) is 1.65. The third kappa shape index (κ3) is 2.53. The van der Waals surface area contributed by atoms with E-state index in [0.29, 0.717) is 5.75 Å². The SMILES string of the molecule is CCC(C)Oc1cc[c]c(F)c1. The van der Waals surface area contributed by atoms with Gasteiger partial charge in [0.15, 0.2) is 0 Å². The van der Waals surface area contributed by atoms with Crippen LogP contribution in [0.15, 0.2) is 18.2 Å². The van der Waals surface area contributed by atoms with E-state index in [9.17, 15) is 4.39 Å². The van der Waals surface area contributed by atoms with Gasteiger partial charge in [0.1, 0.15) is 11.6 Å². The highest BCUT2D eigenvalue weighted by molar-refractivity contribution is 5.21. The molecular formula is C10H12FO. The standard InChI is InChI=1S/C10H12FO/c1-3-8(2)12-10-6-4-5-9(11)7-10/h4,6-8H,3H2,1-2H3. The first-order chi connectivity index (χ1) is 5.72. The molecule has 0 N–H and O–H groups in total. The summed E-state index contributed by atoms with van der Waals surface area (Å²) in [7, 11) is 0. The number of hydrogen-bond donors (Lipinski definition) is 0. The number of benzene rings is 1. The smallest absolute Gasteiger partial charge is 0.134 e. The van der Waals surface area contributed by atoms with Crippen LogP contribution in [0.4, 0.5) is 4.39 Å². The predicted octanol–water partition coefficient (Wildman–Crippen LogP) is 2.80. The van der Waals surface area contributed by atoms with Gasteiger partial charge in [-0.05, 0) is 25.5 Å². The number of halogens is 1. The van der Waals surface area contributed by atoms with E-state index in [1.165, 1.54) is 12.1 Å². The van der Waals surface area contributed by atoms with E-state index >= 15 is 0 Å². The Kier molecular flexibility index (Phi) is 3.09. The zero-order chi connectivity index (χ0) is 8.97. The highest BCUT2D eigenvalue weighted by Crippen LogP contribution is 2.13. The second-order valence-corrected chi connectivity index (χ2v) is 2.71. The molecule has 1 nitrogen and oxygen atoms in total. The van der Waals surface area contributed by atoms with E-state index in [1.54, 1.807) is 6.07 Å². The van der Waals surface area contributed by atoms with E-state index in [2.05, 4.69) is 6.07 Å². The molecule has 2 heteroatoms. The molecule has 1 aromatic rings. The maximum Gasteiger partial charge on any atom is 0.134 e. The first kappa shape index (κ1) is 9.04. The summed E-state index contributed by atoms with van der Waals surface area (Å²) in [5.41, 5.74) is 0. The van der Waals surface area contributed by atoms with Crippen LogP contribution in [0.1, 0.15) is 20.3 Å². The Labute approximate surface area is 72.2 Å². The molecule has 1 atom stereocenters. The lowest BCUT2D eigenvalue weighted by Gasteiger charge is -2.11. The van der Waals surface area contributed by atoms with Crippen LogP contribution in [0, 0.1) is 11.9 Å². The summed E-state index contributed by atoms with van der Waals surface area (Å²) in [5, 5.41) is 0. The van der Waals surface area contributed by atoms with Crippen LogP contribution >= 0.6 is 0 Å². The lowest BCUT2D eigenvalue weighted by atomic mass is 10.3. The fourth-order valence-corrected chi connectivity index (χ4v) is 0.807. The van der Waals surface area contributed by atoms with E-state index in [0.717, 1.165) is 6.42 Å². The first-order valence-corrected chi connectivity index (χ1v) is 4.06. The Morgan fingerprint density at radius 1 is 1.67 bits per heavy atom. The van der Waals surface area contributed by atoms with Crippen LogP contribution in [0.2, 0.25) is 0 Å². The van der Waals surface area contributed by atoms with Gasteiger partial charge in [0.05, 0.1) is 6.10 Å². The zero-order valence-corrected chi connectivity index (χ0v) is 7.30. The van der Waals surface area contributed by atoms with Crippen molar-refractivity contribution in [3.8, 4) is 5.75 Å². The summed E-state index contributed by atoms with van der Waals surface area (Å²) in [5.74, 6) is 0.191. The van der Waals surface area contributed by atoms with Crippen molar-refractivity contribution in [1.82, 2.24) is 0 Å². The van der Waals surface area contributed by atoms with Crippen molar-refractivity contribution in [2.45, 2.75) is 26.4 Å². The van der Waals surface area contributed by atoms with Crippen LogP contribution < -0.4 is 4.74 Å². The minimum Gasteiger partial charge on any atom is -0.491 e. The van der Waals surface area contributed by atoms with Crippen molar-refractivity contribution in [2.75, 3.05) is 0 Å². The molecule has 0 fully saturated rings. The van der Waals surface area contributed by atoms with Gasteiger partial charge >= 0.3 is 0 Å². The van der Waals surface area contributed by atoms with Crippen LogP contribution in [0.25, 0.3) is 0 Å². The Balaban J connectivity index is 2.63. The molecule has 0 bridgehead atoms. The summed E-state index contributed by atoms with van der Waals surface area (Å²) in [4.78, 5) is 0. The summed E-state index contributed by atoms with van der Waals surface area (Å²) in [6.07, 6.45) is 1.05. The largest absolute Gasteiger partial charge is 0.491 e. The molecule has 12 heavy (non-hydrogen) atoms. The van der Waals surface area contributed by atoms with Gasteiger partial charge in [-0.2, -0.15) is 0 Å². The van der Waals surface area contributed by atoms with Crippen LogP contribution in [0.3, 0.4) is 0 Å². The summed E-state index contributed by atoms with van der Waals surface area (Å²) < 4.78 is 18.0. The van der Waals surface area contributed by atoms with E-state index in [-0.39, 0.29) is 11.9 Å². The van der Waals surface area contributed by atoms with Crippen molar-refractivity contribution < 1.29 is 9.13 Å². The molecule has 0 aliphatic rings. The fourth-order valence-electron chi connectivity index (χ4n) is 0.807. The van der Waals surface area contributed by atoms with Crippen molar-refractivity contribution in [2.24, 2.45) is 0 Å². The molecule has 0 aromatic heterocycles. The van der Waals surface area contributed by atoms with Crippen molar-refractivity contribution in [1.29, 1.82) is 0 Å². The Hall–Kier alpha value is -1.05. The third-order valence-electron chi connectivity index (χ3n) is 1.65. The minimum absolute atomic E-state index is 0.131. The topological polar surface area (TPSA) is 9.23 Å². The van der Waals surface area contributed by atoms with Crippen LogP contribution in [-0.4, -0.2) is 6.10 Å². The highest BCUT2D eigenvalue weighted by atomic mass is 19.1. The molecule has 1 radical (unpaired) electrons. The molecule has 0 amide bonds. The number of hydrogen-bond acceptors (Lipinski definition) is 1. The predicted molar refractivity (Wildman–Crippen MR) is 45.6 cm³/mol. The second-order valence-electron chi connectivity index (χ2n) is 2.71. The lowest BCUT2D eigenvalue weighted by molar-refractivity contribution is 0.216. The molecule has 0 heterocycles. The van der Waals surface area contributed by atoms with E-state index < -0.39 is 0 Å². The van der Waals surface area contributed by atoms with Crippen LogP contribution in [0.5, 0.6) is 5.75 Å². The molecule has 0 saturated carbocycles. The second kappa shape index (κ2) is 4.10. The van der Waals surface area contributed by atoms with Gasteiger partial charge in [0, 0.05) is 12.1 Å². The molecule has 65 valence electrons. The Morgan fingerprint density at radius 3 is 3.00 bits per heavy atom. The maximum absolute atomic E-state index is 12.6. The Bertz CT molecular complexity index is 247. The molecule has 1 unspecified atom stereocenters. The minimum atomic E-state index is -0.379. The first-order valence-electron chi connectivity index (χ1n) is 4.06. The monoisotopic (exact) mass is 167 g/mol. The molecule has 1 rings (SSSR count). The van der Waals surface area contributed by atoms with Crippen molar-refractivity contribution in [3.63, 3.8) is 0 Å². The van der Waals surface area contributed by atoms with Gasteiger partial charge in [0.2, 0.25) is 0 Å². The average molecular weight is 167 g/mol. The quantitative estimate of drug-likeness (QED) is 0.672. The summed E-state index contributed by atoms with van der Waals surface area (Å²) >= 11 is 0. The Morgan fingerprint density at radius 2 is 2.42 bits per heavy atom. The number of ether oxygens (including phenoxy) is 1. The van der Waals surface area contributed by atoms with Crippen molar-refractivity contribution >= 4 is 0 Å². The van der Waals surface area contributed by atoms with E-state index in [4.69, 9.17) is 4.74 Å². The van der Waals surface area contributed by atoms with Gasteiger partial charge in [-0.15, -0.1) is 0 Å². The summed E-state index contributed by atoms with van der Waals surface area (Å²) in [6, 6.07) is 6.98. The summed E-state index contributed by atoms with van der Waals surface area (Å²) in [6.45, 7) is 3.98. The van der Waals surface area contributed by atoms with Gasteiger partial charge in [-0.1, -0.05) is 6.92 Å². The van der Waals surface area contributed by atoms with Gasteiger partial charge < -0.3 is 4.74 Å². The lowest BCUT2D eigenvalue weighted by Crippen LogP contribution is -2.09. The zero-order valence-electron chi connectivity index (χ0n) is 7.30. The molecule has 0 aliphatic heterocycles. The highest BCUT2D eigenvalue weighted by Gasteiger charge is 2.00. The van der Waals surface area contributed by atoms with Gasteiger partial charge in [-0.25, -0.2) is 4.39 Å². The number of rotatable bonds is 3. The normalized spacial score (nSPS) is 12.6. The molecule has 1 aromatic carbocycles.